The van der Waals surface area contributed by atoms with Gasteiger partial charge >= 0.3 is 0 Å². The molecule has 3 N–H and O–H groups in total. The highest BCUT2D eigenvalue weighted by molar-refractivity contribution is 14.0. The van der Waals surface area contributed by atoms with Gasteiger partial charge in [-0.15, -0.1) is 24.0 Å². The van der Waals surface area contributed by atoms with Gasteiger partial charge in [0.25, 0.3) is 0 Å². The lowest BCUT2D eigenvalue weighted by molar-refractivity contribution is 0.510. The van der Waals surface area contributed by atoms with Crippen LogP contribution in [0.2, 0.25) is 0 Å². The Labute approximate surface area is 178 Å². The summed E-state index contributed by atoms with van der Waals surface area (Å²) in [4.78, 5) is 8.15. The van der Waals surface area contributed by atoms with E-state index in [0.29, 0.717) is 12.6 Å². The van der Waals surface area contributed by atoms with Crippen molar-refractivity contribution in [1.29, 1.82) is 0 Å². The van der Waals surface area contributed by atoms with Crippen LogP contribution in [-0.4, -0.2) is 30.1 Å². The molecule has 0 saturated heterocycles. The maximum atomic E-state index is 5.37. The van der Waals surface area contributed by atoms with Crippen LogP contribution in [0.4, 0.5) is 0 Å². The molecule has 0 fully saturated rings. The molecule has 0 aliphatic heterocycles. The van der Waals surface area contributed by atoms with E-state index < -0.39 is 0 Å². The minimum Gasteiger partial charge on any atom is -0.469 e. The first kappa shape index (κ1) is 21.3. The number of hydrogen-bond donors (Lipinski definition) is 3. The van der Waals surface area contributed by atoms with Crippen molar-refractivity contribution < 1.29 is 4.42 Å². The molecule has 2 heterocycles. The van der Waals surface area contributed by atoms with Crippen molar-refractivity contribution in [2.75, 3.05) is 13.1 Å². The number of fused-ring (bicyclic) bond motifs is 1. The highest BCUT2D eigenvalue weighted by Gasteiger charge is 2.05. The highest BCUT2D eigenvalue weighted by atomic mass is 127. The van der Waals surface area contributed by atoms with Crippen LogP contribution >= 0.6 is 24.0 Å². The number of guanidine groups is 1. The number of rotatable bonds is 8. The fourth-order valence-corrected chi connectivity index (χ4v) is 2.80. The van der Waals surface area contributed by atoms with Crippen molar-refractivity contribution in [3.8, 4) is 0 Å². The van der Waals surface area contributed by atoms with Crippen LogP contribution in [0.15, 0.2) is 58.1 Å². The van der Waals surface area contributed by atoms with E-state index in [0.717, 1.165) is 37.5 Å². The summed E-state index contributed by atoms with van der Waals surface area (Å²) in [7, 11) is 0. The minimum absolute atomic E-state index is 0. The Morgan fingerprint density at radius 2 is 2.04 bits per heavy atom. The molecule has 1 atom stereocenters. The lowest BCUT2D eigenvalue weighted by Gasteiger charge is -2.17. The summed E-state index contributed by atoms with van der Waals surface area (Å²) in [5, 5.41) is 8.16. The van der Waals surface area contributed by atoms with Gasteiger partial charge in [-0.3, -0.25) is 4.99 Å². The Kier molecular flexibility index (Phi) is 8.71. The first-order valence-electron chi connectivity index (χ1n) is 9.38. The summed E-state index contributed by atoms with van der Waals surface area (Å²) in [5.74, 6) is 1.83. The Morgan fingerprint density at radius 3 is 2.78 bits per heavy atom. The van der Waals surface area contributed by atoms with Crippen LogP contribution in [-0.2, 0) is 12.8 Å². The molecule has 1 unspecified atom stereocenters. The maximum absolute atomic E-state index is 5.37. The van der Waals surface area contributed by atoms with E-state index in [2.05, 4.69) is 64.8 Å². The van der Waals surface area contributed by atoms with E-state index in [1.54, 1.807) is 6.26 Å². The molecule has 146 valence electrons. The summed E-state index contributed by atoms with van der Waals surface area (Å²) in [5.41, 5.74) is 2.42. The van der Waals surface area contributed by atoms with Crippen molar-refractivity contribution in [2.24, 2.45) is 4.99 Å². The predicted molar refractivity (Wildman–Crippen MR) is 123 cm³/mol. The zero-order valence-electron chi connectivity index (χ0n) is 16.0. The van der Waals surface area contributed by atoms with E-state index in [1.165, 1.54) is 16.6 Å². The molecule has 0 bridgehead atoms. The fraction of sp³-hybridized carbons (Fsp3) is 0.381. The van der Waals surface area contributed by atoms with E-state index in [4.69, 9.17) is 4.42 Å². The molecule has 5 nitrogen and oxygen atoms in total. The number of hydrogen-bond acceptors (Lipinski definition) is 2. The van der Waals surface area contributed by atoms with Gasteiger partial charge in [0.1, 0.15) is 5.76 Å². The average molecular weight is 480 g/mol. The first-order valence-corrected chi connectivity index (χ1v) is 9.38. The van der Waals surface area contributed by atoms with Crippen LogP contribution in [0.1, 0.15) is 31.7 Å². The largest absolute Gasteiger partial charge is 0.469 e. The molecular weight excluding hydrogens is 451 g/mol. The molecule has 0 radical (unpaired) electrons. The monoisotopic (exact) mass is 480 g/mol. The predicted octanol–water partition coefficient (Wildman–Crippen LogP) is 4.50. The second kappa shape index (κ2) is 11.0. The third-order valence-electron chi connectivity index (χ3n) is 4.48. The molecule has 0 aliphatic rings. The lowest BCUT2D eigenvalue weighted by Crippen LogP contribution is -2.43. The normalized spacial score (nSPS) is 12.6. The van der Waals surface area contributed by atoms with Gasteiger partial charge in [0.15, 0.2) is 5.96 Å². The van der Waals surface area contributed by atoms with Gasteiger partial charge in [-0.25, -0.2) is 0 Å². The van der Waals surface area contributed by atoms with Crippen molar-refractivity contribution in [3.63, 3.8) is 0 Å². The molecule has 2 aromatic heterocycles. The van der Waals surface area contributed by atoms with Crippen molar-refractivity contribution in [1.82, 2.24) is 15.6 Å². The number of furan rings is 1. The number of halogens is 1. The number of nitrogens with one attached hydrogen (secondary N) is 3. The lowest BCUT2D eigenvalue weighted by atomic mass is 10.2. The topological polar surface area (TPSA) is 65.3 Å². The number of aromatic amines is 1. The van der Waals surface area contributed by atoms with Crippen molar-refractivity contribution >= 4 is 40.8 Å². The number of para-hydroxylation sites is 1. The first-order chi connectivity index (χ1) is 12.7. The standard InChI is InChI=1S/C21H28N4O.HI/c1-3-16(2)24-21(23-13-11-19-8-6-14-26-19)22-12-10-18-15-17-7-4-5-9-20(17)25-18;/h4-9,14-16,25H,3,10-13H2,1-2H3,(H2,22,23,24);1H. The maximum Gasteiger partial charge on any atom is 0.191 e. The number of benzene rings is 1. The van der Waals surface area contributed by atoms with Gasteiger partial charge < -0.3 is 20.0 Å². The van der Waals surface area contributed by atoms with E-state index in [1.807, 2.05) is 12.1 Å². The number of H-pyrrole nitrogens is 1. The zero-order valence-corrected chi connectivity index (χ0v) is 18.3. The second-order valence-corrected chi connectivity index (χ2v) is 6.57. The van der Waals surface area contributed by atoms with Gasteiger partial charge in [0.05, 0.1) is 6.26 Å². The summed E-state index contributed by atoms with van der Waals surface area (Å²) in [6.07, 6.45) is 4.49. The third kappa shape index (κ3) is 6.61. The van der Waals surface area contributed by atoms with Crippen LogP contribution in [0.3, 0.4) is 0 Å². The second-order valence-electron chi connectivity index (χ2n) is 6.57. The molecule has 0 spiro atoms. The number of aromatic nitrogens is 1. The van der Waals surface area contributed by atoms with Gasteiger partial charge in [-0.1, -0.05) is 25.1 Å². The molecule has 0 amide bonds. The van der Waals surface area contributed by atoms with Gasteiger partial charge in [-0.05, 0) is 43.0 Å². The molecular formula is C21H29IN4O. The molecule has 27 heavy (non-hydrogen) atoms. The Morgan fingerprint density at radius 1 is 1.19 bits per heavy atom. The summed E-state index contributed by atoms with van der Waals surface area (Å²) in [6, 6.07) is 14.9. The molecule has 3 aromatic rings. The smallest absolute Gasteiger partial charge is 0.191 e. The van der Waals surface area contributed by atoms with Crippen LogP contribution in [0.25, 0.3) is 10.9 Å². The van der Waals surface area contributed by atoms with E-state index in [9.17, 15) is 0 Å². The number of nitrogens with zero attached hydrogens (tertiary/aromatic N) is 1. The van der Waals surface area contributed by atoms with Crippen molar-refractivity contribution in [3.05, 3.63) is 60.2 Å². The third-order valence-corrected chi connectivity index (χ3v) is 4.48. The van der Waals surface area contributed by atoms with Gasteiger partial charge in [0.2, 0.25) is 0 Å². The SMILES string of the molecule is CCC(C)NC(=NCCc1ccco1)NCCc1cc2ccccc2[nH]1.I. The molecule has 6 heteroatoms. The minimum atomic E-state index is 0. The Balaban J connectivity index is 0.00000261. The quantitative estimate of drug-likeness (QED) is 0.253. The zero-order chi connectivity index (χ0) is 18.2. The average Bonchev–Trinajstić information content (AvgIpc) is 3.30. The summed E-state index contributed by atoms with van der Waals surface area (Å²) >= 11 is 0. The number of aliphatic imine (C=N–C) groups is 1. The highest BCUT2D eigenvalue weighted by Crippen LogP contribution is 2.14. The van der Waals surface area contributed by atoms with Crippen LogP contribution in [0.5, 0.6) is 0 Å². The van der Waals surface area contributed by atoms with Gasteiger partial charge in [0, 0.05) is 43.2 Å². The van der Waals surface area contributed by atoms with Crippen molar-refractivity contribution in [2.45, 2.75) is 39.2 Å². The molecule has 0 saturated carbocycles. The molecule has 1 aromatic carbocycles. The fourth-order valence-electron chi connectivity index (χ4n) is 2.80. The van der Waals surface area contributed by atoms with Crippen LogP contribution < -0.4 is 10.6 Å². The Hall–Kier alpha value is -1.96. The van der Waals surface area contributed by atoms with E-state index in [-0.39, 0.29) is 24.0 Å². The molecule has 3 rings (SSSR count). The van der Waals surface area contributed by atoms with E-state index >= 15 is 0 Å². The van der Waals surface area contributed by atoms with Gasteiger partial charge in [-0.2, -0.15) is 0 Å². The summed E-state index contributed by atoms with van der Waals surface area (Å²) < 4.78 is 5.37. The molecule has 0 aliphatic carbocycles. The Bertz CT molecular complexity index is 793. The van der Waals surface area contributed by atoms with Crippen LogP contribution in [0, 0.1) is 0 Å². The summed E-state index contributed by atoms with van der Waals surface area (Å²) in [6.45, 7) is 5.87.